The zero-order chi connectivity index (χ0) is 21.1. The molecule has 2 heterocycles. The van der Waals surface area contributed by atoms with E-state index in [-0.39, 0.29) is 10.6 Å². The van der Waals surface area contributed by atoms with Crippen molar-refractivity contribution in [3.05, 3.63) is 62.0 Å². The molecular formula is C19H18N4O5S. The minimum atomic E-state index is -1.14. The average molecular weight is 414 g/mol. The van der Waals surface area contributed by atoms with Crippen molar-refractivity contribution in [2.45, 2.75) is 32.3 Å². The molecular weight excluding hydrogens is 396 g/mol. The number of aryl methyl sites for hydroxylation is 2. The molecule has 0 atom stereocenters. The van der Waals surface area contributed by atoms with Gasteiger partial charge in [0.1, 0.15) is 22.3 Å². The summed E-state index contributed by atoms with van der Waals surface area (Å²) in [5.41, 5.74) is 1.91. The number of hydrogen-bond acceptors (Lipinski definition) is 7. The molecule has 9 nitrogen and oxygen atoms in total. The summed E-state index contributed by atoms with van der Waals surface area (Å²) in [5, 5.41) is 27.7. The molecule has 0 radical (unpaired) electrons. The number of furan rings is 1. The quantitative estimate of drug-likeness (QED) is 0.252. The first-order chi connectivity index (χ1) is 13.8. The van der Waals surface area contributed by atoms with E-state index in [0.29, 0.717) is 40.0 Å². The van der Waals surface area contributed by atoms with Crippen LogP contribution in [0.1, 0.15) is 29.6 Å². The Morgan fingerprint density at radius 3 is 2.76 bits per heavy atom. The Bertz CT molecular complexity index is 1120. The average Bonchev–Trinajstić information content (AvgIpc) is 3.32. The molecule has 0 aliphatic heterocycles. The highest BCUT2D eigenvalue weighted by Crippen LogP contribution is 2.32. The summed E-state index contributed by atoms with van der Waals surface area (Å²) in [6, 6.07) is 6.49. The van der Waals surface area contributed by atoms with Crippen LogP contribution >= 0.6 is 11.8 Å². The van der Waals surface area contributed by atoms with E-state index in [0.717, 1.165) is 17.3 Å². The lowest BCUT2D eigenvalue weighted by Crippen LogP contribution is -1.97. The molecule has 0 saturated carbocycles. The van der Waals surface area contributed by atoms with E-state index in [4.69, 9.17) is 4.42 Å². The molecule has 1 aromatic carbocycles. The molecule has 2 N–H and O–H groups in total. The van der Waals surface area contributed by atoms with Gasteiger partial charge in [0.25, 0.3) is 5.69 Å². The van der Waals surface area contributed by atoms with E-state index in [9.17, 15) is 20.0 Å². The summed E-state index contributed by atoms with van der Waals surface area (Å²) in [5.74, 6) is 0.229. The summed E-state index contributed by atoms with van der Waals surface area (Å²) >= 11 is 0.902. The number of nitro benzene ring substituents is 1. The van der Waals surface area contributed by atoms with E-state index >= 15 is 0 Å². The lowest BCUT2D eigenvalue weighted by Gasteiger charge is -2.04. The summed E-state index contributed by atoms with van der Waals surface area (Å²) in [6.45, 7) is 5.39. The number of carboxylic acid groups (broad SMARTS) is 1. The van der Waals surface area contributed by atoms with Gasteiger partial charge in [-0.15, -0.1) is 5.10 Å². The minimum absolute atomic E-state index is 0.00612. The van der Waals surface area contributed by atoms with Gasteiger partial charge in [-0.05, 0) is 49.4 Å². The molecule has 10 heteroatoms. The molecule has 0 spiro atoms. The van der Waals surface area contributed by atoms with Crippen LogP contribution in [0.15, 0.2) is 38.7 Å². The third kappa shape index (κ3) is 4.54. The number of aliphatic carboxylic acids is 1. The highest BCUT2D eigenvalue weighted by molar-refractivity contribution is 8.04. The van der Waals surface area contributed by atoms with Crippen molar-refractivity contribution in [2.24, 2.45) is 0 Å². The molecule has 2 aromatic heterocycles. The number of thioether (sulfide) groups is 1. The highest BCUT2D eigenvalue weighted by Gasteiger charge is 2.18. The number of carboxylic acids is 1. The lowest BCUT2D eigenvalue weighted by molar-refractivity contribution is -0.385. The normalized spacial score (nSPS) is 11.6. The van der Waals surface area contributed by atoms with Gasteiger partial charge in [-0.1, -0.05) is 6.92 Å². The number of rotatable bonds is 7. The van der Waals surface area contributed by atoms with Gasteiger partial charge in [-0.25, -0.2) is 9.78 Å². The standard InChI is InChI=1S/C19H18N4O5S/c1-4-17-20-19(22-21-17)29-16(18(24)25)9-13-5-6-15(28-13)12-7-10(2)11(3)14(8-12)23(26)27/h5-9H,4H2,1-3H3,(H,24,25)(H,20,21,22)/b16-9+. The second-order valence-electron chi connectivity index (χ2n) is 6.23. The zero-order valence-corrected chi connectivity index (χ0v) is 16.7. The van der Waals surface area contributed by atoms with Gasteiger partial charge in [-0.2, -0.15) is 0 Å². The summed E-state index contributed by atoms with van der Waals surface area (Å²) in [4.78, 5) is 26.6. The first-order valence-corrected chi connectivity index (χ1v) is 9.50. The zero-order valence-electron chi connectivity index (χ0n) is 15.9. The fourth-order valence-corrected chi connectivity index (χ4v) is 3.31. The van der Waals surface area contributed by atoms with Crippen LogP contribution in [0.25, 0.3) is 17.4 Å². The smallest absolute Gasteiger partial charge is 0.342 e. The van der Waals surface area contributed by atoms with E-state index in [2.05, 4.69) is 15.2 Å². The minimum Gasteiger partial charge on any atom is -0.477 e. The molecule has 29 heavy (non-hydrogen) atoms. The van der Waals surface area contributed by atoms with Crippen molar-refractivity contribution >= 4 is 29.5 Å². The largest absolute Gasteiger partial charge is 0.477 e. The van der Waals surface area contributed by atoms with Crippen molar-refractivity contribution in [1.29, 1.82) is 0 Å². The summed E-state index contributed by atoms with van der Waals surface area (Å²) in [6.07, 6.45) is 2.03. The predicted octanol–water partition coefficient (Wildman–Crippen LogP) is 4.37. The van der Waals surface area contributed by atoms with Crippen molar-refractivity contribution in [1.82, 2.24) is 15.2 Å². The van der Waals surface area contributed by atoms with E-state index < -0.39 is 10.9 Å². The Balaban J connectivity index is 1.91. The molecule has 0 unspecified atom stereocenters. The maximum Gasteiger partial charge on any atom is 0.342 e. The number of carbonyl (C=O) groups is 1. The van der Waals surface area contributed by atoms with Crippen molar-refractivity contribution in [3.8, 4) is 11.3 Å². The second kappa shape index (κ2) is 8.31. The van der Waals surface area contributed by atoms with Gasteiger partial charge in [0.2, 0.25) is 5.16 Å². The third-order valence-electron chi connectivity index (χ3n) is 4.28. The predicted molar refractivity (Wildman–Crippen MR) is 108 cm³/mol. The van der Waals surface area contributed by atoms with E-state index in [1.165, 1.54) is 12.1 Å². The molecule has 0 fully saturated rings. The maximum atomic E-state index is 11.6. The SMILES string of the molecule is CCc1nc(S/C(=C/c2ccc(-c3cc(C)c(C)c([N+](=O)[O-])c3)o2)C(=O)O)n[nH]1. The van der Waals surface area contributed by atoms with Crippen molar-refractivity contribution in [3.63, 3.8) is 0 Å². The summed E-state index contributed by atoms with van der Waals surface area (Å²) in [7, 11) is 0. The van der Waals surface area contributed by atoms with Crippen LogP contribution in [0.2, 0.25) is 0 Å². The number of H-pyrrole nitrogens is 1. The van der Waals surface area contributed by atoms with Gasteiger partial charge in [0.05, 0.1) is 4.92 Å². The first kappa shape index (κ1) is 20.3. The molecule has 150 valence electrons. The molecule has 0 aliphatic carbocycles. The Morgan fingerprint density at radius 1 is 1.38 bits per heavy atom. The molecule has 3 rings (SSSR count). The molecule has 0 saturated heterocycles. The molecule has 0 bridgehead atoms. The Labute approximate surface area is 170 Å². The highest BCUT2D eigenvalue weighted by atomic mass is 32.2. The number of aromatic nitrogens is 3. The number of hydrogen-bond donors (Lipinski definition) is 2. The number of aromatic amines is 1. The monoisotopic (exact) mass is 414 g/mol. The number of nitro groups is 1. The van der Waals surface area contributed by atoms with Gasteiger partial charge < -0.3 is 9.52 Å². The Kier molecular flexibility index (Phi) is 5.83. The van der Waals surface area contributed by atoms with Crippen LogP contribution in [0.3, 0.4) is 0 Å². The second-order valence-corrected chi connectivity index (χ2v) is 7.24. The van der Waals surface area contributed by atoms with Crippen LogP contribution in [0.4, 0.5) is 5.69 Å². The third-order valence-corrected chi connectivity index (χ3v) is 5.16. The fourth-order valence-electron chi connectivity index (χ4n) is 2.60. The van der Waals surface area contributed by atoms with Crippen LogP contribution in [0, 0.1) is 24.0 Å². The molecule has 3 aromatic rings. The fraction of sp³-hybridized carbons (Fsp3) is 0.211. The van der Waals surface area contributed by atoms with Crippen LogP contribution in [-0.4, -0.2) is 31.2 Å². The van der Waals surface area contributed by atoms with Gasteiger partial charge in [-0.3, -0.25) is 15.2 Å². The van der Waals surface area contributed by atoms with E-state index in [1.807, 2.05) is 6.92 Å². The number of nitrogens with zero attached hydrogens (tertiary/aromatic N) is 3. The first-order valence-electron chi connectivity index (χ1n) is 8.68. The van der Waals surface area contributed by atoms with Gasteiger partial charge >= 0.3 is 5.97 Å². The summed E-state index contributed by atoms with van der Waals surface area (Å²) < 4.78 is 5.72. The van der Waals surface area contributed by atoms with Crippen molar-refractivity contribution in [2.75, 3.05) is 0 Å². The molecule has 0 aliphatic rings. The Hall–Kier alpha value is -3.40. The van der Waals surface area contributed by atoms with Crippen LogP contribution < -0.4 is 0 Å². The lowest BCUT2D eigenvalue weighted by atomic mass is 10.0. The topological polar surface area (TPSA) is 135 Å². The van der Waals surface area contributed by atoms with Gasteiger partial charge in [0.15, 0.2) is 0 Å². The number of benzene rings is 1. The van der Waals surface area contributed by atoms with Crippen LogP contribution in [0.5, 0.6) is 0 Å². The van der Waals surface area contributed by atoms with Crippen molar-refractivity contribution < 1.29 is 19.2 Å². The van der Waals surface area contributed by atoms with Gasteiger partial charge in [0, 0.05) is 29.7 Å². The maximum absolute atomic E-state index is 11.6. The van der Waals surface area contributed by atoms with Crippen LogP contribution in [-0.2, 0) is 11.2 Å². The number of nitrogens with one attached hydrogen (secondary N) is 1. The van der Waals surface area contributed by atoms with E-state index in [1.54, 1.807) is 32.0 Å². The molecule has 0 amide bonds. The Morgan fingerprint density at radius 2 is 2.14 bits per heavy atom.